The average Bonchev–Trinajstić information content (AvgIpc) is 3.39. The molecule has 0 aliphatic heterocycles. The summed E-state index contributed by atoms with van der Waals surface area (Å²) in [7, 11) is -1.82. The number of pyridine rings is 1. The summed E-state index contributed by atoms with van der Waals surface area (Å²) in [5.74, 6) is 0.861. The molecule has 1 aromatic heterocycles. The molecular formula is C26H29N3O5S. The number of nitrogens with zero attached hydrogens (tertiary/aromatic N) is 2. The minimum absolute atomic E-state index is 0.0318. The fourth-order valence-corrected chi connectivity index (χ4v) is 4.65. The van der Waals surface area contributed by atoms with Crippen LogP contribution in [0.4, 0.5) is 17.1 Å². The van der Waals surface area contributed by atoms with Gasteiger partial charge in [-0.05, 0) is 81.1 Å². The molecule has 0 bridgehead atoms. The van der Waals surface area contributed by atoms with Crippen LogP contribution < -0.4 is 19.1 Å². The first-order valence-electron chi connectivity index (χ1n) is 11.6. The van der Waals surface area contributed by atoms with E-state index in [1.54, 1.807) is 79.7 Å². The SMILES string of the molecule is CCS(=O)(=O)Nc1ccc(N(C(=O)c2cccnc2)c2ccc(OC)c(OC3CCCC3)c2)cc1. The Kier molecular flexibility index (Phi) is 7.55. The maximum atomic E-state index is 13.6. The van der Waals surface area contributed by atoms with E-state index in [0.29, 0.717) is 34.1 Å². The van der Waals surface area contributed by atoms with Gasteiger partial charge in [0.2, 0.25) is 10.0 Å². The molecule has 184 valence electrons. The normalized spacial score (nSPS) is 13.9. The Morgan fingerprint density at radius 3 is 2.40 bits per heavy atom. The molecule has 9 heteroatoms. The van der Waals surface area contributed by atoms with Gasteiger partial charge in [0, 0.05) is 29.8 Å². The maximum absolute atomic E-state index is 13.6. The Hall–Kier alpha value is -3.59. The van der Waals surface area contributed by atoms with Crippen LogP contribution in [-0.4, -0.2) is 38.3 Å². The molecule has 0 spiro atoms. The molecule has 1 saturated carbocycles. The smallest absolute Gasteiger partial charge is 0.264 e. The third-order valence-electron chi connectivity index (χ3n) is 5.89. The molecule has 4 rings (SSSR count). The van der Waals surface area contributed by atoms with Crippen LogP contribution >= 0.6 is 0 Å². The minimum Gasteiger partial charge on any atom is -0.493 e. The van der Waals surface area contributed by atoms with Crippen LogP contribution in [0.2, 0.25) is 0 Å². The highest BCUT2D eigenvalue weighted by atomic mass is 32.2. The van der Waals surface area contributed by atoms with Crippen molar-refractivity contribution in [3.05, 3.63) is 72.6 Å². The summed E-state index contributed by atoms with van der Waals surface area (Å²) in [6.07, 6.45) is 7.47. The van der Waals surface area contributed by atoms with Crippen LogP contribution in [0.25, 0.3) is 0 Å². The Labute approximate surface area is 206 Å². The first-order chi connectivity index (χ1) is 16.9. The number of carbonyl (C=O) groups excluding carboxylic acids is 1. The highest BCUT2D eigenvalue weighted by Gasteiger charge is 2.24. The van der Waals surface area contributed by atoms with Gasteiger partial charge >= 0.3 is 0 Å². The van der Waals surface area contributed by atoms with Gasteiger partial charge < -0.3 is 9.47 Å². The number of ether oxygens (including phenoxy) is 2. The van der Waals surface area contributed by atoms with E-state index in [2.05, 4.69) is 9.71 Å². The molecule has 3 aromatic rings. The van der Waals surface area contributed by atoms with E-state index in [-0.39, 0.29) is 17.8 Å². The van der Waals surface area contributed by atoms with Gasteiger partial charge in [-0.3, -0.25) is 19.4 Å². The summed E-state index contributed by atoms with van der Waals surface area (Å²) in [6, 6.07) is 15.4. The highest BCUT2D eigenvalue weighted by molar-refractivity contribution is 7.92. The number of nitrogens with one attached hydrogen (secondary N) is 1. The molecule has 35 heavy (non-hydrogen) atoms. The van der Waals surface area contributed by atoms with E-state index in [9.17, 15) is 13.2 Å². The fourth-order valence-electron chi connectivity index (χ4n) is 4.01. The number of methoxy groups -OCH3 is 1. The van der Waals surface area contributed by atoms with Gasteiger partial charge in [0.1, 0.15) is 0 Å². The lowest BCUT2D eigenvalue weighted by Crippen LogP contribution is -2.26. The van der Waals surface area contributed by atoms with E-state index in [1.165, 1.54) is 6.20 Å². The van der Waals surface area contributed by atoms with Crippen LogP contribution in [0.5, 0.6) is 11.5 Å². The first kappa shape index (κ1) is 24.5. The number of amides is 1. The quantitative estimate of drug-likeness (QED) is 0.441. The van der Waals surface area contributed by atoms with Gasteiger partial charge in [-0.1, -0.05) is 0 Å². The number of sulfonamides is 1. The number of anilines is 3. The Bertz CT molecular complexity index is 1260. The standard InChI is InChI=1S/C26H29N3O5S/c1-3-35(31,32)28-20-10-12-21(13-11-20)29(26(30)19-7-6-16-27-18-19)22-14-15-24(33-2)25(17-22)34-23-8-4-5-9-23/h6-7,10-18,23,28H,3-5,8-9H2,1-2H3. The second-order valence-electron chi connectivity index (χ2n) is 8.29. The lowest BCUT2D eigenvalue weighted by molar-refractivity contribution is 0.0999. The zero-order valence-corrected chi connectivity index (χ0v) is 20.6. The average molecular weight is 496 g/mol. The molecular weight excluding hydrogens is 466 g/mol. The summed E-state index contributed by atoms with van der Waals surface area (Å²) in [4.78, 5) is 19.3. The zero-order valence-electron chi connectivity index (χ0n) is 19.8. The number of hydrogen-bond acceptors (Lipinski definition) is 6. The van der Waals surface area contributed by atoms with Gasteiger partial charge in [0.25, 0.3) is 5.91 Å². The van der Waals surface area contributed by atoms with Crippen molar-refractivity contribution in [2.45, 2.75) is 38.7 Å². The van der Waals surface area contributed by atoms with Crippen LogP contribution in [0.15, 0.2) is 67.0 Å². The number of rotatable bonds is 9. The van der Waals surface area contributed by atoms with Gasteiger partial charge in [-0.2, -0.15) is 0 Å². The fraction of sp³-hybridized carbons (Fsp3) is 0.308. The third kappa shape index (κ3) is 5.92. The van der Waals surface area contributed by atoms with Gasteiger partial charge in [0.05, 0.1) is 30.2 Å². The summed E-state index contributed by atoms with van der Waals surface area (Å²) < 4.78 is 38.1. The van der Waals surface area contributed by atoms with E-state index in [4.69, 9.17) is 9.47 Å². The number of hydrogen-bond donors (Lipinski definition) is 1. The highest BCUT2D eigenvalue weighted by Crippen LogP contribution is 2.38. The molecule has 0 saturated heterocycles. The molecule has 1 fully saturated rings. The number of carbonyl (C=O) groups is 1. The summed E-state index contributed by atoms with van der Waals surface area (Å²) in [5.41, 5.74) is 1.99. The second kappa shape index (κ2) is 10.8. The lowest BCUT2D eigenvalue weighted by atomic mass is 10.1. The van der Waals surface area contributed by atoms with Crippen molar-refractivity contribution >= 4 is 33.0 Å². The van der Waals surface area contributed by atoms with Crippen LogP contribution in [0.3, 0.4) is 0 Å². The molecule has 8 nitrogen and oxygen atoms in total. The largest absolute Gasteiger partial charge is 0.493 e. The topological polar surface area (TPSA) is 97.8 Å². The van der Waals surface area contributed by atoms with Crippen LogP contribution in [-0.2, 0) is 10.0 Å². The molecule has 1 N–H and O–H groups in total. The molecule has 0 atom stereocenters. The van der Waals surface area contributed by atoms with E-state index in [0.717, 1.165) is 25.7 Å². The summed E-state index contributed by atoms with van der Waals surface area (Å²) in [5, 5.41) is 0. The molecule has 0 unspecified atom stereocenters. The Morgan fingerprint density at radius 1 is 1.06 bits per heavy atom. The predicted molar refractivity (Wildman–Crippen MR) is 136 cm³/mol. The first-order valence-corrected chi connectivity index (χ1v) is 13.2. The molecule has 0 radical (unpaired) electrons. The molecule has 1 aliphatic carbocycles. The second-order valence-corrected chi connectivity index (χ2v) is 10.3. The lowest BCUT2D eigenvalue weighted by Gasteiger charge is -2.25. The van der Waals surface area contributed by atoms with Crippen molar-refractivity contribution in [1.82, 2.24) is 4.98 Å². The van der Waals surface area contributed by atoms with E-state index >= 15 is 0 Å². The predicted octanol–water partition coefficient (Wildman–Crippen LogP) is 5.15. The summed E-state index contributed by atoms with van der Waals surface area (Å²) >= 11 is 0. The molecule has 1 heterocycles. The van der Waals surface area contributed by atoms with Crippen LogP contribution in [0.1, 0.15) is 43.0 Å². The number of benzene rings is 2. The molecule has 2 aromatic carbocycles. The third-order valence-corrected chi connectivity index (χ3v) is 7.20. The van der Waals surface area contributed by atoms with Gasteiger partial charge in [-0.15, -0.1) is 0 Å². The molecule has 1 aliphatic rings. The minimum atomic E-state index is -3.41. The zero-order chi connectivity index (χ0) is 24.8. The van der Waals surface area contributed by atoms with E-state index in [1.807, 2.05) is 0 Å². The van der Waals surface area contributed by atoms with Crippen molar-refractivity contribution in [2.24, 2.45) is 0 Å². The summed E-state index contributed by atoms with van der Waals surface area (Å²) in [6.45, 7) is 1.57. The molecule has 1 amide bonds. The van der Waals surface area contributed by atoms with Gasteiger partial charge in [-0.25, -0.2) is 8.42 Å². The Balaban J connectivity index is 1.73. The number of aromatic nitrogens is 1. The van der Waals surface area contributed by atoms with E-state index < -0.39 is 10.0 Å². The monoisotopic (exact) mass is 495 g/mol. The van der Waals surface area contributed by atoms with Crippen molar-refractivity contribution < 1.29 is 22.7 Å². The van der Waals surface area contributed by atoms with Crippen molar-refractivity contribution in [2.75, 3.05) is 22.5 Å². The van der Waals surface area contributed by atoms with Crippen molar-refractivity contribution in [1.29, 1.82) is 0 Å². The van der Waals surface area contributed by atoms with Crippen molar-refractivity contribution in [3.8, 4) is 11.5 Å². The van der Waals surface area contributed by atoms with Crippen molar-refractivity contribution in [3.63, 3.8) is 0 Å². The Morgan fingerprint density at radius 2 is 1.77 bits per heavy atom. The maximum Gasteiger partial charge on any atom is 0.264 e. The van der Waals surface area contributed by atoms with Crippen LogP contribution in [0, 0.1) is 0 Å². The van der Waals surface area contributed by atoms with Gasteiger partial charge in [0.15, 0.2) is 11.5 Å².